The van der Waals surface area contributed by atoms with Gasteiger partial charge in [-0.15, -0.1) is 0 Å². The van der Waals surface area contributed by atoms with Crippen molar-refractivity contribution < 1.29 is 0 Å². The van der Waals surface area contributed by atoms with Crippen LogP contribution >= 0.6 is 0 Å². The van der Waals surface area contributed by atoms with Gasteiger partial charge in [-0.2, -0.15) is 5.10 Å². The molecule has 2 aromatic heterocycles. The van der Waals surface area contributed by atoms with E-state index in [1.807, 2.05) is 35.1 Å². The van der Waals surface area contributed by atoms with Gasteiger partial charge in [0.2, 0.25) is 0 Å². The average molecular weight is 356 g/mol. The third-order valence-electron chi connectivity index (χ3n) is 4.30. The molecule has 27 heavy (non-hydrogen) atoms. The Balaban J connectivity index is 1.52. The van der Waals surface area contributed by atoms with Crippen LogP contribution in [0, 0.1) is 5.92 Å². The van der Waals surface area contributed by atoms with Gasteiger partial charge in [0, 0.05) is 24.8 Å². The summed E-state index contributed by atoms with van der Waals surface area (Å²) in [6.45, 7) is 5.78. The van der Waals surface area contributed by atoms with E-state index >= 15 is 0 Å². The number of fused-ring (bicyclic) bond motifs is 1. The van der Waals surface area contributed by atoms with E-state index in [9.17, 15) is 0 Å². The molecule has 135 valence electrons. The summed E-state index contributed by atoms with van der Waals surface area (Å²) in [4.78, 5) is 9.25. The standard InChI is InChI=1S/C22H22N5/c1-16(2)14-27-15-19(12-25-27)18-8-9-20-21(10-18)23-13-22(26-20)24-11-17-6-4-3-5-7-17/h3-10,12-13,15H,11,14H2,1-2H3,(H,24,26). The molecule has 0 fully saturated rings. The Hall–Kier alpha value is -3.21. The minimum Gasteiger partial charge on any atom is -0.365 e. The molecule has 5 heteroatoms. The molecule has 0 unspecified atom stereocenters. The molecule has 2 heterocycles. The van der Waals surface area contributed by atoms with Gasteiger partial charge in [-0.25, -0.2) is 4.98 Å². The van der Waals surface area contributed by atoms with Gasteiger partial charge in [0.05, 0.1) is 23.4 Å². The van der Waals surface area contributed by atoms with Crippen LogP contribution in [0.1, 0.15) is 19.4 Å². The molecule has 0 aliphatic rings. The molecule has 1 radical (unpaired) electrons. The first kappa shape index (κ1) is 17.2. The summed E-state index contributed by atoms with van der Waals surface area (Å²) < 4.78 is 1.96. The highest BCUT2D eigenvalue weighted by molar-refractivity contribution is 5.81. The molecule has 0 aliphatic carbocycles. The zero-order valence-corrected chi connectivity index (χ0v) is 15.6. The van der Waals surface area contributed by atoms with Gasteiger partial charge in [0.1, 0.15) is 5.82 Å². The molecule has 0 saturated heterocycles. The SMILES string of the molecule is C[C](C)Cn1cc(-c2ccc3nc(NCc4ccccc4)cnc3c2)cn1. The Kier molecular flexibility index (Phi) is 4.83. The molecule has 0 atom stereocenters. The summed E-state index contributed by atoms with van der Waals surface area (Å²) in [5, 5.41) is 7.76. The molecular formula is C22H22N5. The van der Waals surface area contributed by atoms with Crippen molar-refractivity contribution in [2.45, 2.75) is 26.9 Å². The Bertz CT molecular complexity index is 1040. The maximum absolute atomic E-state index is 4.67. The van der Waals surface area contributed by atoms with Gasteiger partial charge < -0.3 is 5.32 Å². The van der Waals surface area contributed by atoms with E-state index in [-0.39, 0.29) is 0 Å². The van der Waals surface area contributed by atoms with Crippen molar-refractivity contribution in [3.63, 3.8) is 0 Å². The quantitative estimate of drug-likeness (QED) is 0.543. The second-order valence-electron chi connectivity index (χ2n) is 6.93. The number of rotatable bonds is 6. The largest absolute Gasteiger partial charge is 0.365 e. The Morgan fingerprint density at radius 2 is 1.81 bits per heavy atom. The van der Waals surface area contributed by atoms with Gasteiger partial charge >= 0.3 is 0 Å². The summed E-state index contributed by atoms with van der Waals surface area (Å²) in [5.74, 6) is 2.10. The maximum atomic E-state index is 4.67. The fraction of sp³-hybridized carbons (Fsp3) is 0.182. The topological polar surface area (TPSA) is 55.6 Å². The minimum absolute atomic E-state index is 0.728. The predicted octanol–water partition coefficient (Wildman–Crippen LogP) is 4.72. The normalized spacial score (nSPS) is 11.2. The number of nitrogens with one attached hydrogen (secondary N) is 1. The minimum atomic E-state index is 0.728. The lowest BCUT2D eigenvalue weighted by molar-refractivity contribution is 0.629. The van der Waals surface area contributed by atoms with E-state index < -0.39 is 0 Å². The monoisotopic (exact) mass is 356 g/mol. The maximum Gasteiger partial charge on any atom is 0.145 e. The highest BCUT2D eigenvalue weighted by Crippen LogP contribution is 2.23. The van der Waals surface area contributed by atoms with Crippen LogP contribution in [0.5, 0.6) is 0 Å². The van der Waals surface area contributed by atoms with E-state index in [0.29, 0.717) is 0 Å². The number of anilines is 1. The van der Waals surface area contributed by atoms with Gasteiger partial charge in [-0.3, -0.25) is 9.67 Å². The van der Waals surface area contributed by atoms with Crippen LogP contribution in [0.3, 0.4) is 0 Å². The fourth-order valence-corrected chi connectivity index (χ4v) is 2.99. The Morgan fingerprint density at radius 3 is 2.63 bits per heavy atom. The third kappa shape index (κ3) is 4.14. The van der Waals surface area contributed by atoms with Crippen molar-refractivity contribution in [3.05, 3.63) is 78.6 Å². The van der Waals surface area contributed by atoms with Crippen LogP contribution < -0.4 is 5.32 Å². The lowest BCUT2D eigenvalue weighted by Gasteiger charge is -2.07. The summed E-state index contributed by atoms with van der Waals surface area (Å²) in [6, 6.07) is 16.4. The van der Waals surface area contributed by atoms with Crippen LogP contribution in [0.2, 0.25) is 0 Å². The number of aromatic nitrogens is 4. The molecular weight excluding hydrogens is 334 g/mol. The number of hydrogen-bond donors (Lipinski definition) is 1. The first-order chi connectivity index (χ1) is 13.2. The van der Waals surface area contributed by atoms with Crippen molar-refractivity contribution in [1.29, 1.82) is 0 Å². The van der Waals surface area contributed by atoms with Gasteiger partial charge in [-0.1, -0.05) is 50.2 Å². The lowest BCUT2D eigenvalue weighted by Crippen LogP contribution is -2.02. The molecule has 4 aromatic rings. The molecule has 0 amide bonds. The van der Waals surface area contributed by atoms with Crippen LogP contribution in [0.15, 0.2) is 67.1 Å². The number of benzene rings is 2. The molecule has 1 N–H and O–H groups in total. The van der Waals surface area contributed by atoms with Crippen molar-refractivity contribution >= 4 is 16.9 Å². The molecule has 0 bridgehead atoms. The Morgan fingerprint density at radius 1 is 0.963 bits per heavy atom. The van der Waals surface area contributed by atoms with Gasteiger partial charge in [0.25, 0.3) is 0 Å². The zero-order valence-electron chi connectivity index (χ0n) is 15.6. The highest BCUT2D eigenvalue weighted by Gasteiger charge is 2.06. The summed E-state index contributed by atoms with van der Waals surface area (Å²) in [5.41, 5.74) is 5.16. The Labute approximate surface area is 159 Å². The van der Waals surface area contributed by atoms with E-state index in [1.165, 1.54) is 11.5 Å². The third-order valence-corrected chi connectivity index (χ3v) is 4.30. The van der Waals surface area contributed by atoms with Crippen LogP contribution in [0.25, 0.3) is 22.2 Å². The van der Waals surface area contributed by atoms with Crippen molar-refractivity contribution in [2.75, 3.05) is 5.32 Å². The number of hydrogen-bond acceptors (Lipinski definition) is 4. The van der Waals surface area contributed by atoms with Crippen molar-refractivity contribution in [3.8, 4) is 11.1 Å². The predicted molar refractivity (Wildman–Crippen MR) is 109 cm³/mol. The van der Waals surface area contributed by atoms with E-state index in [1.54, 1.807) is 6.20 Å². The van der Waals surface area contributed by atoms with Crippen molar-refractivity contribution in [1.82, 2.24) is 19.7 Å². The smallest absolute Gasteiger partial charge is 0.145 e. The second-order valence-corrected chi connectivity index (χ2v) is 6.93. The fourth-order valence-electron chi connectivity index (χ4n) is 2.99. The molecule has 2 aromatic carbocycles. The molecule has 0 saturated carbocycles. The van der Waals surface area contributed by atoms with E-state index in [0.717, 1.165) is 41.1 Å². The summed E-state index contributed by atoms with van der Waals surface area (Å²) >= 11 is 0. The first-order valence-corrected chi connectivity index (χ1v) is 9.04. The molecule has 0 aliphatic heterocycles. The molecule has 5 nitrogen and oxygen atoms in total. The summed E-state index contributed by atoms with van der Waals surface area (Å²) in [7, 11) is 0. The van der Waals surface area contributed by atoms with Crippen LogP contribution in [0.4, 0.5) is 5.82 Å². The van der Waals surface area contributed by atoms with Crippen LogP contribution in [-0.4, -0.2) is 19.7 Å². The van der Waals surface area contributed by atoms with E-state index in [4.69, 9.17) is 0 Å². The van der Waals surface area contributed by atoms with Crippen LogP contribution in [-0.2, 0) is 13.1 Å². The second kappa shape index (κ2) is 7.58. The molecule has 0 spiro atoms. The highest BCUT2D eigenvalue weighted by atomic mass is 15.3. The average Bonchev–Trinajstić information content (AvgIpc) is 3.14. The van der Waals surface area contributed by atoms with Gasteiger partial charge in [-0.05, 0) is 29.2 Å². The molecule has 4 rings (SSSR count). The summed E-state index contributed by atoms with van der Waals surface area (Å²) in [6.07, 6.45) is 5.75. The number of nitrogens with zero attached hydrogens (tertiary/aromatic N) is 4. The first-order valence-electron chi connectivity index (χ1n) is 9.04. The lowest BCUT2D eigenvalue weighted by atomic mass is 10.1. The van der Waals surface area contributed by atoms with Crippen molar-refractivity contribution in [2.24, 2.45) is 0 Å². The van der Waals surface area contributed by atoms with E-state index in [2.05, 4.69) is 64.7 Å². The zero-order chi connectivity index (χ0) is 18.6. The van der Waals surface area contributed by atoms with Gasteiger partial charge in [0.15, 0.2) is 0 Å².